The summed E-state index contributed by atoms with van der Waals surface area (Å²) in [5, 5.41) is 7.91. The predicted octanol–water partition coefficient (Wildman–Crippen LogP) is 2.47. The van der Waals surface area contributed by atoms with Crippen LogP contribution in [0.25, 0.3) is 16.8 Å². The zero-order chi connectivity index (χ0) is 19.7. The highest BCUT2D eigenvalue weighted by Crippen LogP contribution is 2.22. The molecular formula is C19H20N4O4S. The Morgan fingerprint density at radius 1 is 0.929 bits per heavy atom. The van der Waals surface area contributed by atoms with E-state index < -0.39 is 9.84 Å². The first-order valence-electron chi connectivity index (χ1n) is 8.88. The minimum atomic E-state index is -3.68. The summed E-state index contributed by atoms with van der Waals surface area (Å²) in [6.07, 6.45) is 0. The zero-order valence-electron chi connectivity index (χ0n) is 15.6. The highest BCUT2D eigenvalue weighted by molar-refractivity contribution is 7.91. The van der Waals surface area contributed by atoms with E-state index in [2.05, 4.69) is 10.2 Å². The van der Waals surface area contributed by atoms with Crippen LogP contribution in [0.3, 0.4) is 0 Å². The molecule has 0 aliphatic carbocycles. The van der Waals surface area contributed by atoms with Gasteiger partial charge in [-0.25, -0.2) is 12.8 Å². The van der Waals surface area contributed by atoms with Crippen LogP contribution >= 0.6 is 0 Å². The van der Waals surface area contributed by atoms with Gasteiger partial charge in [0.25, 0.3) is 5.16 Å². The molecule has 0 saturated heterocycles. The zero-order valence-corrected chi connectivity index (χ0v) is 16.4. The molecule has 0 bridgehead atoms. The Kier molecular flexibility index (Phi) is 4.68. The predicted molar refractivity (Wildman–Crippen MR) is 105 cm³/mol. The molecule has 9 heteroatoms. The van der Waals surface area contributed by atoms with E-state index in [1.54, 1.807) is 28.7 Å². The van der Waals surface area contributed by atoms with Crippen molar-refractivity contribution < 1.29 is 17.9 Å². The van der Waals surface area contributed by atoms with E-state index >= 15 is 0 Å². The SMILES string of the molecule is CCOc1ccc(OCCS(=O)(=O)c2nnc3n(C)c4ccccc4n23)cc1. The molecule has 0 saturated carbocycles. The number of sulfone groups is 1. The fourth-order valence-electron chi connectivity index (χ4n) is 3.10. The first-order chi connectivity index (χ1) is 13.5. The molecule has 28 heavy (non-hydrogen) atoms. The van der Waals surface area contributed by atoms with Crippen LogP contribution < -0.4 is 9.47 Å². The van der Waals surface area contributed by atoms with Crippen LogP contribution in [0.15, 0.2) is 53.7 Å². The molecule has 0 spiro atoms. The average molecular weight is 400 g/mol. The number of aryl methyl sites for hydroxylation is 1. The Balaban J connectivity index is 1.55. The second-order valence-electron chi connectivity index (χ2n) is 6.24. The van der Waals surface area contributed by atoms with Gasteiger partial charge < -0.3 is 14.0 Å². The third-order valence-electron chi connectivity index (χ3n) is 4.43. The van der Waals surface area contributed by atoms with E-state index in [1.807, 2.05) is 42.8 Å². The van der Waals surface area contributed by atoms with Crippen molar-refractivity contribution in [2.24, 2.45) is 7.05 Å². The maximum Gasteiger partial charge on any atom is 0.256 e. The molecule has 4 aromatic rings. The molecule has 0 N–H and O–H groups in total. The van der Waals surface area contributed by atoms with E-state index in [0.717, 1.165) is 16.8 Å². The minimum Gasteiger partial charge on any atom is -0.494 e. The topological polar surface area (TPSA) is 87.7 Å². The Morgan fingerprint density at radius 2 is 1.57 bits per heavy atom. The lowest BCUT2D eigenvalue weighted by molar-refractivity contribution is 0.330. The van der Waals surface area contributed by atoms with E-state index in [4.69, 9.17) is 9.47 Å². The number of aromatic nitrogens is 4. The lowest BCUT2D eigenvalue weighted by Gasteiger charge is -2.08. The van der Waals surface area contributed by atoms with Crippen molar-refractivity contribution in [1.29, 1.82) is 0 Å². The molecule has 2 aromatic carbocycles. The Hall–Kier alpha value is -3.07. The lowest BCUT2D eigenvalue weighted by atomic mass is 10.3. The van der Waals surface area contributed by atoms with Gasteiger partial charge in [-0.15, -0.1) is 10.2 Å². The number of imidazole rings is 1. The van der Waals surface area contributed by atoms with Crippen molar-refractivity contribution >= 4 is 26.6 Å². The summed E-state index contributed by atoms with van der Waals surface area (Å²) in [6.45, 7) is 2.50. The molecule has 2 heterocycles. The van der Waals surface area contributed by atoms with Crippen molar-refractivity contribution in [3.05, 3.63) is 48.5 Å². The Bertz CT molecular complexity index is 1230. The van der Waals surface area contributed by atoms with Crippen LogP contribution in [0.2, 0.25) is 0 Å². The highest BCUT2D eigenvalue weighted by atomic mass is 32.2. The number of hydrogen-bond donors (Lipinski definition) is 0. The van der Waals surface area contributed by atoms with Crippen LogP contribution in [-0.4, -0.2) is 46.5 Å². The summed E-state index contributed by atoms with van der Waals surface area (Å²) in [5.74, 6) is 1.59. The number of rotatable bonds is 7. The Morgan fingerprint density at radius 3 is 2.25 bits per heavy atom. The van der Waals surface area contributed by atoms with Crippen LogP contribution in [0.5, 0.6) is 11.5 Å². The molecule has 4 rings (SSSR count). The number of para-hydroxylation sites is 2. The van der Waals surface area contributed by atoms with Crippen LogP contribution in [-0.2, 0) is 16.9 Å². The third kappa shape index (κ3) is 3.18. The van der Waals surface area contributed by atoms with Gasteiger partial charge in [-0.05, 0) is 43.3 Å². The molecule has 0 atom stereocenters. The molecule has 8 nitrogen and oxygen atoms in total. The number of benzene rings is 2. The summed E-state index contributed by atoms with van der Waals surface area (Å²) < 4.78 is 40.1. The minimum absolute atomic E-state index is 0.00992. The van der Waals surface area contributed by atoms with Gasteiger partial charge in [0.1, 0.15) is 18.1 Å². The maximum absolute atomic E-state index is 12.9. The van der Waals surface area contributed by atoms with E-state index in [9.17, 15) is 8.42 Å². The van der Waals surface area contributed by atoms with Gasteiger partial charge in [-0.3, -0.25) is 0 Å². The third-order valence-corrected chi connectivity index (χ3v) is 5.96. The smallest absolute Gasteiger partial charge is 0.256 e. The largest absolute Gasteiger partial charge is 0.494 e. The molecule has 0 aliphatic rings. The summed E-state index contributed by atoms with van der Waals surface area (Å²) in [6, 6.07) is 14.6. The summed E-state index contributed by atoms with van der Waals surface area (Å²) in [5.41, 5.74) is 1.63. The van der Waals surface area contributed by atoms with Gasteiger partial charge in [0, 0.05) is 7.05 Å². The molecule has 146 valence electrons. The summed E-state index contributed by atoms with van der Waals surface area (Å²) in [7, 11) is -1.85. The van der Waals surface area contributed by atoms with Crippen molar-refractivity contribution in [3.8, 4) is 11.5 Å². The van der Waals surface area contributed by atoms with Gasteiger partial charge in [0.2, 0.25) is 15.6 Å². The Labute approximate surface area is 162 Å². The van der Waals surface area contributed by atoms with Gasteiger partial charge in [0.15, 0.2) is 0 Å². The second-order valence-corrected chi connectivity index (χ2v) is 8.24. The molecule has 0 amide bonds. The number of fused-ring (bicyclic) bond motifs is 3. The van der Waals surface area contributed by atoms with Crippen LogP contribution in [0.4, 0.5) is 0 Å². The number of ether oxygens (including phenoxy) is 2. The standard InChI is InChI=1S/C19H20N4O4S/c1-3-26-14-8-10-15(11-9-14)27-12-13-28(24,25)19-21-20-18-22(2)16-6-4-5-7-17(16)23(18)19/h4-11H,3,12-13H2,1-2H3. The molecule has 0 aliphatic heterocycles. The number of nitrogens with zero attached hydrogens (tertiary/aromatic N) is 4. The van der Waals surface area contributed by atoms with E-state index in [1.165, 1.54) is 0 Å². The molecule has 0 radical (unpaired) electrons. The number of hydrogen-bond acceptors (Lipinski definition) is 6. The molecule has 0 fully saturated rings. The molecular weight excluding hydrogens is 380 g/mol. The van der Waals surface area contributed by atoms with Crippen molar-refractivity contribution in [1.82, 2.24) is 19.2 Å². The molecule has 2 aromatic heterocycles. The van der Waals surface area contributed by atoms with Gasteiger partial charge >= 0.3 is 0 Å². The maximum atomic E-state index is 12.9. The normalized spacial score (nSPS) is 11.9. The lowest BCUT2D eigenvalue weighted by Crippen LogP contribution is -2.16. The van der Waals surface area contributed by atoms with Crippen LogP contribution in [0, 0.1) is 0 Å². The van der Waals surface area contributed by atoms with E-state index in [-0.39, 0.29) is 17.5 Å². The average Bonchev–Trinajstić information content (AvgIpc) is 3.25. The first-order valence-corrected chi connectivity index (χ1v) is 10.5. The molecule has 0 unspecified atom stereocenters. The van der Waals surface area contributed by atoms with E-state index in [0.29, 0.717) is 18.1 Å². The fourth-order valence-corrected chi connectivity index (χ4v) is 4.20. The van der Waals surface area contributed by atoms with Gasteiger partial charge in [0.05, 0.1) is 23.4 Å². The quantitative estimate of drug-likeness (QED) is 0.474. The monoisotopic (exact) mass is 400 g/mol. The summed E-state index contributed by atoms with van der Waals surface area (Å²) >= 11 is 0. The van der Waals surface area contributed by atoms with Crippen molar-refractivity contribution in [2.45, 2.75) is 12.1 Å². The van der Waals surface area contributed by atoms with Crippen molar-refractivity contribution in [3.63, 3.8) is 0 Å². The van der Waals surface area contributed by atoms with Crippen molar-refractivity contribution in [2.75, 3.05) is 19.0 Å². The second kappa shape index (κ2) is 7.16. The first kappa shape index (κ1) is 18.3. The van der Waals surface area contributed by atoms with Gasteiger partial charge in [-0.1, -0.05) is 12.1 Å². The fraction of sp³-hybridized carbons (Fsp3) is 0.263. The van der Waals surface area contributed by atoms with Crippen LogP contribution in [0.1, 0.15) is 6.92 Å². The van der Waals surface area contributed by atoms with Gasteiger partial charge in [-0.2, -0.15) is 0 Å². The highest BCUT2D eigenvalue weighted by Gasteiger charge is 2.25. The summed E-state index contributed by atoms with van der Waals surface area (Å²) in [4.78, 5) is 0.